The van der Waals surface area contributed by atoms with Gasteiger partial charge in [-0.2, -0.15) is 0 Å². The van der Waals surface area contributed by atoms with Crippen LogP contribution in [0.2, 0.25) is 0 Å². The second-order valence-electron chi connectivity index (χ2n) is 6.54. The summed E-state index contributed by atoms with van der Waals surface area (Å²) in [4.78, 5) is 11.5. The Morgan fingerprint density at radius 1 is 1.24 bits per heavy atom. The molecule has 5 nitrogen and oxygen atoms in total. The SMILES string of the molecule is CC1(C)C(NC(=O)c2ccc(F)c(S(N)(=O)=O)c2)C1(C)C. The fourth-order valence-electron chi connectivity index (χ4n) is 2.63. The maximum absolute atomic E-state index is 13.5. The topological polar surface area (TPSA) is 89.3 Å². The third kappa shape index (κ3) is 2.55. The maximum Gasteiger partial charge on any atom is 0.251 e. The molecule has 1 aromatic rings. The van der Waals surface area contributed by atoms with E-state index in [9.17, 15) is 17.6 Å². The Kier molecular flexibility index (Phi) is 3.42. The van der Waals surface area contributed by atoms with Gasteiger partial charge in [0, 0.05) is 11.6 Å². The Balaban J connectivity index is 2.26. The van der Waals surface area contributed by atoms with Crippen LogP contribution in [0.3, 0.4) is 0 Å². The van der Waals surface area contributed by atoms with E-state index in [1.165, 1.54) is 6.07 Å². The second-order valence-corrected chi connectivity index (χ2v) is 8.07. The predicted molar refractivity (Wildman–Crippen MR) is 76.6 cm³/mol. The molecule has 116 valence electrons. The van der Waals surface area contributed by atoms with Crippen LogP contribution in [0, 0.1) is 16.6 Å². The van der Waals surface area contributed by atoms with Crippen molar-refractivity contribution < 1.29 is 17.6 Å². The number of hydrogen-bond donors (Lipinski definition) is 2. The minimum atomic E-state index is -4.20. The molecule has 1 saturated carbocycles. The van der Waals surface area contributed by atoms with E-state index in [1.807, 2.05) is 27.7 Å². The van der Waals surface area contributed by atoms with Gasteiger partial charge in [-0.1, -0.05) is 27.7 Å². The monoisotopic (exact) mass is 314 g/mol. The van der Waals surface area contributed by atoms with Crippen molar-refractivity contribution in [1.82, 2.24) is 5.32 Å². The highest BCUT2D eigenvalue weighted by molar-refractivity contribution is 7.89. The Bertz CT molecular complexity index is 697. The van der Waals surface area contributed by atoms with E-state index in [1.54, 1.807) is 0 Å². The molecule has 0 aromatic heterocycles. The summed E-state index contributed by atoms with van der Waals surface area (Å²) in [6, 6.07) is 3.10. The fourth-order valence-corrected chi connectivity index (χ4v) is 3.27. The highest BCUT2D eigenvalue weighted by Gasteiger charge is 2.65. The molecule has 0 unspecified atom stereocenters. The first-order valence-corrected chi connectivity index (χ1v) is 8.07. The highest BCUT2D eigenvalue weighted by Crippen LogP contribution is 2.62. The van der Waals surface area contributed by atoms with Crippen molar-refractivity contribution in [3.8, 4) is 0 Å². The molecule has 0 saturated heterocycles. The normalized spacial score (nSPS) is 20.1. The van der Waals surface area contributed by atoms with Gasteiger partial charge in [-0.25, -0.2) is 17.9 Å². The van der Waals surface area contributed by atoms with Gasteiger partial charge in [0.05, 0.1) is 0 Å². The lowest BCUT2D eigenvalue weighted by molar-refractivity contribution is 0.0943. The second kappa shape index (κ2) is 4.51. The van der Waals surface area contributed by atoms with Crippen molar-refractivity contribution >= 4 is 15.9 Å². The molecule has 0 heterocycles. The molecule has 0 spiro atoms. The number of sulfonamides is 1. The van der Waals surface area contributed by atoms with Crippen LogP contribution >= 0.6 is 0 Å². The molecule has 0 radical (unpaired) electrons. The Hall–Kier alpha value is -1.47. The number of nitrogens with two attached hydrogens (primary N) is 1. The van der Waals surface area contributed by atoms with E-state index in [0.29, 0.717) is 0 Å². The van der Waals surface area contributed by atoms with Gasteiger partial charge < -0.3 is 5.32 Å². The average molecular weight is 314 g/mol. The quantitative estimate of drug-likeness (QED) is 0.888. The Morgan fingerprint density at radius 2 is 1.76 bits per heavy atom. The minimum absolute atomic E-state index is 0.0273. The summed E-state index contributed by atoms with van der Waals surface area (Å²) in [6.07, 6.45) is 0. The molecule has 0 atom stereocenters. The standard InChI is InChI=1S/C14H19FN2O3S/c1-13(2)12(14(13,3)4)17-11(18)8-5-6-9(15)10(7-8)21(16,19)20/h5-7,12H,1-4H3,(H,17,18)(H2,16,19,20). The summed E-state index contributed by atoms with van der Waals surface area (Å²) in [5.41, 5.74) is -0.0318. The summed E-state index contributed by atoms with van der Waals surface area (Å²) < 4.78 is 36.0. The van der Waals surface area contributed by atoms with E-state index >= 15 is 0 Å². The lowest BCUT2D eigenvalue weighted by Crippen LogP contribution is -2.30. The van der Waals surface area contributed by atoms with Gasteiger partial charge in [0.25, 0.3) is 5.91 Å². The predicted octanol–water partition coefficient (Wildman–Crippen LogP) is 1.64. The van der Waals surface area contributed by atoms with E-state index in [-0.39, 0.29) is 22.4 Å². The molecule has 2 rings (SSSR count). The summed E-state index contributed by atoms with van der Waals surface area (Å²) in [6.45, 7) is 8.16. The average Bonchev–Trinajstić information content (AvgIpc) is 2.70. The number of primary sulfonamides is 1. The third-order valence-corrected chi connectivity index (χ3v) is 5.72. The molecular formula is C14H19FN2O3S. The number of amides is 1. The van der Waals surface area contributed by atoms with Crippen molar-refractivity contribution in [3.63, 3.8) is 0 Å². The van der Waals surface area contributed by atoms with Crippen LogP contribution < -0.4 is 10.5 Å². The molecule has 0 bridgehead atoms. The van der Waals surface area contributed by atoms with Crippen LogP contribution in [-0.2, 0) is 10.0 Å². The van der Waals surface area contributed by atoms with Crippen LogP contribution in [0.5, 0.6) is 0 Å². The molecule has 1 aliphatic carbocycles. The number of nitrogens with one attached hydrogen (secondary N) is 1. The summed E-state index contributed by atoms with van der Waals surface area (Å²) in [5, 5.41) is 7.78. The van der Waals surface area contributed by atoms with Gasteiger partial charge in [0.15, 0.2) is 0 Å². The maximum atomic E-state index is 13.5. The first-order chi connectivity index (χ1) is 9.39. The zero-order valence-electron chi connectivity index (χ0n) is 12.4. The highest BCUT2D eigenvalue weighted by atomic mass is 32.2. The molecule has 1 aromatic carbocycles. The van der Waals surface area contributed by atoms with Crippen molar-refractivity contribution in [3.05, 3.63) is 29.6 Å². The lowest BCUT2D eigenvalue weighted by Gasteiger charge is -2.08. The van der Waals surface area contributed by atoms with Crippen molar-refractivity contribution in [2.24, 2.45) is 16.0 Å². The van der Waals surface area contributed by atoms with Crippen LogP contribution in [0.4, 0.5) is 4.39 Å². The number of hydrogen-bond acceptors (Lipinski definition) is 3. The number of carbonyl (C=O) groups is 1. The molecule has 1 fully saturated rings. The molecule has 3 N–H and O–H groups in total. The molecule has 1 amide bonds. The zero-order chi connectivity index (χ0) is 16.2. The van der Waals surface area contributed by atoms with Crippen molar-refractivity contribution in [2.45, 2.75) is 38.6 Å². The number of benzene rings is 1. The smallest absolute Gasteiger partial charge is 0.251 e. The van der Waals surface area contributed by atoms with E-state index in [4.69, 9.17) is 5.14 Å². The first-order valence-electron chi connectivity index (χ1n) is 6.52. The van der Waals surface area contributed by atoms with Gasteiger partial charge in [-0.3, -0.25) is 4.79 Å². The van der Waals surface area contributed by atoms with Crippen LogP contribution in [0.15, 0.2) is 23.1 Å². The molecule has 21 heavy (non-hydrogen) atoms. The summed E-state index contributed by atoms with van der Waals surface area (Å²) in [5.74, 6) is -1.41. The Labute approximate surface area is 123 Å². The zero-order valence-corrected chi connectivity index (χ0v) is 13.2. The molecule has 7 heteroatoms. The van der Waals surface area contributed by atoms with E-state index in [0.717, 1.165) is 12.1 Å². The van der Waals surface area contributed by atoms with Crippen molar-refractivity contribution in [1.29, 1.82) is 0 Å². The number of rotatable bonds is 3. The largest absolute Gasteiger partial charge is 0.348 e. The van der Waals surface area contributed by atoms with Crippen LogP contribution in [0.1, 0.15) is 38.1 Å². The van der Waals surface area contributed by atoms with Crippen LogP contribution in [-0.4, -0.2) is 20.4 Å². The van der Waals surface area contributed by atoms with E-state index < -0.39 is 26.6 Å². The van der Waals surface area contributed by atoms with Gasteiger partial charge in [-0.05, 0) is 29.0 Å². The van der Waals surface area contributed by atoms with Gasteiger partial charge >= 0.3 is 0 Å². The van der Waals surface area contributed by atoms with Gasteiger partial charge in [-0.15, -0.1) is 0 Å². The minimum Gasteiger partial charge on any atom is -0.348 e. The molecular weight excluding hydrogens is 295 g/mol. The fraction of sp³-hybridized carbons (Fsp3) is 0.500. The first kappa shape index (κ1) is 15.9. The lowest BCUT2D eigenvalue weighted by atomic mass is 10.0. The van der Waals surface area contributed by atoms with Gasteiger partial charge in [0.2, 0.25) is 10.0 Å². The molecule has 1 aliphatic rings. The van der Waals surface area contributed by atoms with Crippen molar-refractivity contribution in [2.75, 3.05) is 0 Å². The Morgan fingerprint density at radius 3 is 2.19 bits per heavy atom. The van der Waals surface area contributed by atoms with E-state index in [2.05, 4.69) is 5.32 Å². The van der Waals surface area contributed by atoms with Gasteiger partial charge in [0.1, 0.15) is 10.7 Å². The third-order valence-electron chi connectivity index (χ3n) is 4.80. The van der Waals surface area contributed by atoms with Crippen LogP contribution in [0.25, 0.3) is 0 Å². The summed E-state index contributed by atoms with van der Waals surface area (Å²) in [7, 11) is -4.20. The number of carbonyl (C=O) groups excluding carboxylic acids is 1. The number of halogens is 1. The summed E-state index contributed by atoms with van der Waals surface area (Å²) >= 11 is 0. The molecule has 0 aliphatic heterocycles.